The number of benzene rings is 3. The lowest BCUT2D eigenvalue weighted by molar-refractivity contribution is -0.139. The van der Waals surface area contributed by atoms with Crippen LogP contribution in [0.1, 0.15) is 33.4 Å². The highest BCUT2D eigenvalue weighted by Crippen LogP contribution is 2.47. The van der Waals surface area contributed by atoms with Crippen molar-refractivity contribution in [2.75, 3.05) is 32.2 Å². The number of hydrogen-bond acceptors (Lipinski definition) is 6. The summed E-state index contributed by atoms with van der Waals surface area (Å²) in [6, 6.07) is 16.7. The molecule has 5 rings (SSSR count). The van der Waals surface area contributed by atoms with E-state index < -0.39 is 28.0 Å². The first-order valence-electron chi connectivity index (χ1n) is 11.3. The number of fused-ring (bicyclic) bond motifs is 2. The summed E-state index contributed by atoms with van der Waals surface area (Å²) in [5, 5.41) is 10.3. The number of carboxylic acids is 1. The molecule has 1 N–H and O–H groups in total. The fourth-order valence-electron chi connectivity index (χ4n) is 4.66. The molecule has 0 radical (unpaired) electrons. The zero-order valence-corrected chi connectivity index (χ0v) is 20.4. The molecule has 3 aromatic carbocycles. The number of sulfonamides is 1. The van der Waals surface area contributed by atoms with Gasteiger partial charge in [0.1, 0.15) is 19.1 Å². The summed E-state index contributed by atoms with van der Waals surface area (Å²) in [4.78, 5) is 27.9. The van der Waals surface area contributed by atoms with Gasteiger partial charge in [0.2, 0.25) is 10.0 Å². The molecule has 2 atom stereocenters. The number of ether oxygens (including phenoxy) is 2. The van der Waals surface area contributed by atoms with E-state index >= 15 is 0 Å². The van der Waals surface area contributed by atoms with E-state index in [1.807, 2.05) is 0 Å². The number of anilines is 1. The number of carboxylic acid groups (broad SMARTS) is 1. The smallest absolute Gasteiger partial charge is 0.313 e. The van der Waals surface area contributed by atoms with Gasteiger partial charge in [-0.05, 0) is 53.6 Å². The molecular weight excluding hydrogens is 484 g/mol. The summed E-state index contributed by atoms with van der Waals surface area (Å²) in [5.41, 5.74) is 1.62. The monoisotopic (exact) mass is 508 g/mol. The van der Waals surface area contributed by atoms with Crippen LogP contribution in [0.25, 0.3) is 0 Å². The molecule has 9 nitrogen and oxygen atoms in total. The van der Waals surface area contributed by atoms with E-state index in [2.05, 4.69) is 0 Å². The molecule has 186 valence electrons. The topological polar surface area (TPSA) is 113 Å². The molecule has 36 heavy (non-hydrogen) atoms. The minimum Gasteiger partial charge on any atom is -0.486 e. The third-order valence-electron chi connectivity index (χ3n) is 6.41. The third-order valence-corrected chi connectivity index (χ3v) is 8.24. The molecule has 0 spiro atoms. The van der Waals surface area contributed by atoms with Crippen LogP contribution in [-0.4, -0.2) is 57.0 Å². The maximum absolute atomic E-state index is 13.8. The Balaban J connectivity index is 1.69. The molecule has 0 aliphatic carbocycles. The van der Waals surface area contributed by atoms with Crippen LogP contribution in [0.3, 0.4) is 0 Å². The highest BCUT2D eigenvalue weighted by atomic mass is 32.2. The molecule has 0 fully saturated rings. The average molecular weight is 509 g/mol. The van der Waals surface area contributed by atoms with Gasteiger partial charge in [-0.15, -0.1) is 0 Å². The number of carbonyl (C=O) groups is 2. The van der Waals surface area contributed by atoms with Crippen molar-refractivity contribution in [1.82, 2.24) is 4.31 Å². The molecule has 0 saturated heterocycles. The van der Waals surface area contributed by atoms with Crippen LogP contribution in [0.4, 0.5) is 5.69 Å². The number of amides is 1. The summed E-state index contributed by atoms with van der Waals surface area (Å²) < 4.78 is 37.5. The maximum atomic E-state index is 13.8. The van der Waals surface area contributed by atoms with Crippen molar-refractivity contribution in [3.05, 3.63) is 83.4 Å². The highest BCUT2D eigenvalue weighted by Gasteiger charge is 2.45. The summed E-state index contributed by atoms with van der Waals surface area (Å²) >= 11 is 0. The largest absolute Gasteiger partial charge is 0.486 e. The van der Waals surface area contributed by atoms with Crippen LogP contribution in [0, 0.1) is 0 Å². The predicted molar refractivity (Wildman–Crippen MR) is 131 cm³/mol. The fourth-order valence-corrected chi connectivity index (χ4v) is 5.56. The Kier molecular flexibility index (Phi) is 5.93. The van der Waals surface area contributed by atoms with E-state index in [1.165, 1.54) is 43.3 Å². The SMILES string of the molecule is CN(C)S(=O)(=O)c1ccc(N2C(=O)c3ccccc3[C@H](C(=O)O)[C@H]2c2ccc3c(c2)OCCO3)cc1. The van der Waals surface area contributed by atoms with Crippen LogP contribution in [-0.2, 0) is 14.8 Å². The minimum atomic E-state index is -3.68. The second-order valence-electron chi connectivity index (χ2n) is 8.71. The van der Waals surface area contributed by atoms with Crippen molar-refractivity contribution in [3.63, 3.8) is 0 Å². The van der Waals surface area contributed by atoms with Crippen molar-refractivity contribution >= 4 is 27.6 Å². The van der Waals surface area contributed by atoms with E-state index in [0.717, 1.165) is 4.31 Å². The molecule has 0 saturated carbocycles. The summed E-state index contributed by atoms with van der Waals surface area (Å²) in [6.45, 7) is 0.768. The van der Waals surface area contributed by atoms with Gasteiger partial charge in [-0.3, -0.25) is 14.5 Å². The van der Waals surface area contributed by atoms with Gasteiger partial charge < -0.3 is 14.6 Å². The molecular formula is C26H24N2O7S. The Morgan fingerprint density at radius 3 is 2.31 bits per heavy atom. The van der Waals surface area contributed by atoms with Crippen molar-refractivity contribution in [2.45, 2.75) is 16.9 Å². The third kappa shape index (κ3) is 3.88. The predicted octanol–water partition coefficient (Wildman–Crippen LogP) is 3.28. The van der Waals surface area contributed by atoms with Crippen molar-refractivity contribution in [3.8, 4) is 11.5 Å². The zero-order chi connectivity index (χ0) is 25.6. The van der Waals surface area contributed by atoms with E-state index in [4.69, 9.17) is 9.47 Å². The van der Waals surface area contributed by atoms with Gasteiger partial charge in [-0.25, -0.2) is 12.7 Å². The first kappa shape index (κ1) is 23.8. The number of nitrogens with zero attached hydrogens (tertiary/aromatic N) is 2. The van der Waals surface area contributed by atoms with Gasteiger partial charge in [0, 0.05) is 25.3 Å². The second kappa shape index (κ2) is 8.96. The number of hydrogen-bond donors (Lipinski definition) is 1. The van der Waals surface area contributed by atoms with Crippen molar-refractivity contribution in [1.29, 1.82) is 0 Å². The van der Waals surface area contributed by atoms with Gasteiger partial charge in [-0.2, -0.15) is 0 Å². The van der Waals surface area contributed by atoms with E-state index in [0.29, 0.717) is 41.5 Å². The Hall–Kier alpha value is -3.89. The first-order valence-corrected chi connectivity index (χ1v) is 12.7. The lowest BCUT2D eigenvalue weighted by Crippen LogP contribution is -2.45. The van der Waals surface area contributed by atoms with Gasteiger partial charge in [-0.1, -0.05) is 24.3 Å². The van der Waals surface area contributed by atoms with E-state index in [1.54, 1.807) is 42.5 Å². The molecule has 3 aromatic rings. The van der Waals surface area contributed by atoms with Crippen molar-refractivity contribution in [2.24, 2.45) is 0 Å². The first-order chi connectivity index (χ1) is 17.2. The molecule has 2 aliphatic rings. The molecule has 1 amide bonds. The van der Waals surface area contributed by atoms with E-state index in [9.17, 15) is 23.1 Å². The molecule has 2 heterocycles. The number of carbonyl (C=O) groups excluding carboxylic acids is 1. The Labute approximate surface area is 208 Å². The van der Waals surface area contributed by atoms with Crippen LogP contribution < -0.4 is 14.4 Å². The quantitative estimate of drug-likeness (QED) is 0.563. The van der Waals surface area contributed by atoms with Crippen LogP contribution in [0.15, 0.2) is 71.6 Å². The van der Waals surface area contributed by atoms with E-state index in [-0.39, 0.29) is 16.4 Å². The van der Waals surface area contributed by atoms with Crippen LogP contribution in [0.2, 0.25) is 0 Å². The Morgan fingerprint density at radius 1 is 0.972 bits per heavy atom. The molecule has 2 aliphatic heterocycles. The average Bonchev–Trinajstić information content (AvgIpc) is 2.88. The molecule has 0 unspecified atom stereocenters. The Morgan fingerprint density at radius 2 is 1.64 bits per heavy atom. The summed E-state index contributed by atoms with van der Waals surface area (Å²) in [6.07, 6.45) is 0. The van der Waals surface area contributed by atoms with Crippen molar-refractivity contribution < 1.29 is 32.6 Å². The lowest BCUT2D eigenvalue weighted by Gasteiger charge is -2.41. The van der Waals surface area contributed by atoms with Gasteiger partial charge >= 0.3 is 5.97 Å². The second-order valence-corrected chi connectivity index (χ2v) is 10.9. The zero-order valence-electron chi connectivity index (χ0n) is 19.6. The molecule has 10 heteroatoms. The minimum absolute atomic E-state index is 0.0618. The summed E-state index contributed by atoms with van der Waals surface area (Å²) in [5.74, 6) is -1.53. The van der Waals surface area contributed by atoms with Crippen LogP contribution in [0.5, 0.6) is 11.5 Å². The number of rotatable bonds is 5. The number of aliphatic carboxylic acids is 1. The normalized spacial score (nSPS) is 19.2. The summed E-state index contributed by atoms with van der Waals surface area (Å²) in [7, 11) is -0.813. The fraction of sp³-hybridized carbons (Fsp3) is 0.231. The lowest BCUT2D eigenvalue weighted by atomic mass is 9.79. The van der Waals surface area contributed by atoms with Gasteiger partial charge in [0.15, 0.2) is 11.5 Å². The molecule has 0 bridgehead atoms. The van der Waals surface area contributed by atoms with Crippen LogP contribution >= 0.6 is 0 Å². The maximum Gasteiger partial charge on any atom is 0.313 e. The highest BCUT2D eigenvalue weighted by molar-refractivity contribution is 7.89. The Bertz CT molecular complexity index is 1450. The van der Waals surface area contributed by atoms with Gasteiger partial charge in [0.05, 0.1) is 10.9 Å². The van der Waals surface area contributed by atoms with Gasteiger partial charge in [0.25, 0.3) is 5.91 Å². The standard InChI is InChI=1S/C26H24N2O7S/c1-27(2)36(32,33)18-10-8-17(9-11-18)28-24(16-7-12-21-22(15-16)35-14-13-34-21)23(26(30)31)19-5-3-4-6-20(19)25(28)29/h3-12,15,23-24H,13-14H2,1-2H3,(H,30,31)/t23-,24+/m0/s1. The molecule has 0 aromatic heterocycles.